The molecule has 1 aliphatic heterocycles. The third kappa shape index (κ3) is 2.25. The number of likely N-dealkylation sites (tertiary alicyclic amines) is 1. The second-order valence-corrected chi connectivity index (χ2v) is 5.29. The summed E-state index contributed by atoms with van der Waals surface area (Å²) in [6.45, 7) is 6.03. The molecule has 4 heteroatoms. The number of carbonyl (C=O) groups is 2. The first-order valence-corrected chi connectivity index (χ1v) is 6.57. The molecule has 94 valence electrons. The van der Waals surface area contributed by atoms with Gasteiger partial charge < -0.3 is 4.90 Å². The van der Waals surface area contributed by atoms with Crippen molar-refractivity contribution >= 4 is 27.6 Å². The van der Waals surface area contributed by atoms with Gasteiger partial charge in [0.15, 0.2) is 5.78 Å². The SMILES string of the molecule is C=CN1CCC(C(=O)c2ccc(Br)cc2C)C1=O. The highest BCUT2D eigenvalue weighted by atomic mass is 79.9. The lowest BCUT2D eigenvalue weighted by molar-refractivity contribution is -0.127. The van der Waals surface area contributed by atoms with E-state index in [0.29, 0.717) is 18.5 Å². The van der Waals surface area contributed by atoms with Crippen LogP contribution in [0.25, 0.3) is 0 Å². The summed E-state index contributed by atoms with van der Waals surface area (Å²) in [4.78, 5) is 25.8. The summed E-state index contributed by atoms with van der Waals surface area (Å²) < 4.78 is 0.932. The van der Waals surface area contributed by atoms with Gasteiger partial charge in [-0.2, -0.15) is 0 Å². The van der Waals surface area contributed by atoms with E-state index < -0.39 is 5.92 Å². The van der Waals surface area contributed by atoms with Crippen LogP contribution in [0.5, 0.6) is 0 Å². The van der Waals surface area contributed by atoms with Crippen molar-refractivity contribution in [2.75, 3.05) is 6.54 Å². The summed E-state index contributed by atoms with van der Waals surface area (Å²) in [5.41, 5.74) is 1.52. The predicted molar refractivity (Wildman–Crippen MR) is 73.2 cm³/mol. The summed E-state index contributed by atoms with van der Waals surface area (Å²) in [6, 6.07) is 5.48. The van der Waals surface area contributed by atoms with Gasteiger partial charge in [0, 0.05) is 16.6 Å². The molecule has 0 aliphatic carbocycles. The molecular formula is C14H14BrNO2. The van der Waals surface area contributed by atoms with E-state index in [1.807, 2.05) is 19.1 Å². The Morgan fingerprint density at radius 3 is 2.83 bits per heavy atom. The molecule has 0 aromatic heterocycles. The molecule has 1 aromatic rings. The molecule has 1 atom stereocenters. The average Bonchev–Trinajstić information content (AvgIpc) is 2.69. The van der Waals surface area contributed by atoms with Gasteiger partial charge in [0.1, 0.15) is 5.92 Å². The zero-order chi connectivity index (χ0) is 13.3. The Kier molecular flexibility index (Phi) is 3.66. The molecule has 1 fully saturated rings. The van der Waals surface area contributed by atoms with E-state index in [0.717, 1.165) is 10.0 Å². The van der Waals surface area contributed by atoms with Gasteiger partial charge in [0.2, 0.25) is 5.91 Å². The third-order valence-electron chi connectivity index (χ3n) is 3.23. The Morgan fingerprint density at radius 1 is 1.56 bits per heavy atom. The van der Waals surface area contributed by atoms with Crippen LogP contribution in [0.15, 0.2) is 35.5 Å². The molecule has 1 amide bonds. The standard InChI is InChI=1S/C14H14BrNO2/c1-3-16-7-6-12(14(16)18)13(17)11-5-4-10(15)8-9(11)2/h3-5,8,12H,1,6-7H2,2H3. The van der Waals surface area contributed by atoms with Gasteiger partial charge in [-0.05, 0) is 37.2 Å². The van der Waals surface area contributed by atoms with Gasteiger partial charge >= 0.3 is 0 Å². The molecule has 0 spiro atoms. The van der Waals surface area contributed by atoms with E-state index in [4.69, 9.17) is 0 Å². The largest absolute Gasteiger partial charge is 0.319 e. The Bertz CT molecular complexity index is 525. The number of nitrogens with zero attached hydrogens (tertiary/aromatic N) is 1. The minimum atomic E-state index is -0.553. The monoisotopic (exact) mass is 307 g/mol. The summed E-state index contributed by atoms with van der Waals surface area (Å²) in [5, 5.41) is 0. The zero-order valence-electron chi connectivity index (χ0n) is 10.1. The van der Waals surface area contributed by atoms with Gasteiger partial charge in [0.25, 0.3) is 0 Å². The van der Waals surface area contributed by atoms with Crippen molar-refractivity contribution in [3.8, 4) is 0 Å². The second kappa shape index (κ2) is 5.06. The van der Waals surface area contributed by atoms with E-state index in [-0.39, 0.29) is 11.7 Å². The number of Topliss-reactive ketones (excluding diaryl/α,β-unsaturated/α-hetero) is 1. The molecule has 0 N–H and O–H groups in total. The minimum absolute atomic E-state index is 0.0886. The van der Waals surface area contributed by atoms with Crippen molar-refractivity contribution in [2.45, 2.75) is 13.3 Å². The summed E-state index contributed by atoms with van der Waals surface area (Å²) >= 11 is 3.36. The molecule has 1 saturated heterocycles. The van der Waals surface area contributed by atoms with Crippen molar-refractivity contribution in [2.24, 2.45) is 5.92 Å². The molecule has 1 heterocycles. The number of benzene rings is 1. The lowest BCUT2D eigenvalue weighted by Gasteiger charge is -2.11. The first-order chi connectivity index (χ1) is 8.54. The maximum Gasteiger partial charge on any atom is 0.237 e. The molecule has 18 heavy (non-hydrogen) atoms. The Labute approximate surface area is 115 Å². The van der Waals surface area contributed by atoms with Crippen molar-refractivity contribution in [3.63, 3.8) is 0 Å². The second-order valence-electron chi connectivity index (χ2n) is 4.38. The van der Waals surface area contributed by atoms with Gasteiger partial charge in [-0.15, -0.1) is 0 Å². The van der Waals surface area contributed by atoms with Gasteiger partial charge in [-0.3, -0.25) is 9.59 Å². The Hall–Kier alpha value is -1.42. The number of carbonyl (C=O) groups excluding carboxylic acids is 2. The molecule has 2 rings (SSSR count). The summed E-state index contributed by atoms with van der Waals surface area (Å²) in [6.07, 6.45) is 2.06. The molecule has 0 bridgehead atoms. The smallest absolute Gasteiger partial charge is 0.237 e. The van der Waals surface area contributed by atoms with Crippen LogP contribution in [0.3, 0.4) is 0 Å². The highest BCUT2D eigenvalue weighted by Crippen LogP contribution is 2.25. The normalized spacial score (nSPS) is 19.1. The highest BCUT2D eigenvalue weighted by Gasteiger charge is 2.36. The van der Waals surface area contributed by atoms with Crippen molar-refractivity contribution < 1.29 is 9.59 Å². The van der Waals surface area contributed by atoms with E-state index in [2.05, 4.69) is 22.5 Å². The first kappa shape index (κ1) is 13.0. The first-order valence-electron chi connectivity index (χ1n) is 5.78. The highest BCUT2D eigenvalue weighted by molar-refractivity contribution is 9.10. The van der Waals surface area contributed by atoms with E-state index >= 15 is 0 Å². The van der Waals surface area contributed by atoms with E-state index in [1.165, 1.54) is 11.1 Å². The Morgan fingerprint density at radius 2 is 2.28 bits per heavy atom. The van der Waals surface area contributed by atoms with Crippen LogP contribution in [0.2, 0.25) is 0 Å². The minimum Gasteiger partial charge on any atom is -0.319 e. The maximum absolute atomic E-state index is 12.4. The summed E-state index contributed by atoms with van der Waals surface area (Å²) in [5.74, 6) is -0.783. The molecular weight excluding hydrogens is 294 g/mol. The van der Waals surface area contributed by atoms with Crippen molar-refractivity contribution in [1.29, 1.82) is 0 Å². The number of hydrogen-bond donors (Lipinski definition) is 0. The van der Waals surface area contributed by atoms with Crippen LogP contribution in [0, 0.1) is 12.8 Å². The number of aryl methyl sites for hydroxylation is 1. The van der Waals surface area contributed by atoms with Gasteiger partial charge in [-0.1, -0.05) is 28.6 Å². The van der Waals surface area contributed by atoms with Gasteiger partial charge in [-0.25, -0.2) is 0 Å². The average molecular weight is 308 g/mol. The van der Waals surface area contributed by atoms with Crippen LogP contribution in [0.4, 0.5) is 0 Å². The lowest BCUT2D eigenvalue weighted by atomic mass is 9.93. The van der Waals surface area contributed by atoms with Crippen LogP contribution >= 0.6 is 15.9 Å². The third-order valence-corrected chi connectivity index (χ3v) is 3.72. The number of hydrogen-bond acceptors (Lipinski definition) is 2. The number of amides is 1. The Balaban J connectivity index is 2.27. The quantitative estimate of drug-likeness (QED) is 0.636. The zero-order valence-corrected chi connectivity index (χ0v) is 11.7. The molecule has 3 nitrogen and oxygen atoms in total. The summed E-state index contributed by atoms with van der Waals surface area (Å²) in [7, 11) is 0. The van der Waals surface area contributed by atoms with E-state index in [9.17, 15) is 9.59 Å². The van der Waals surface area contributed by atoms with Crippen LogP contribution in [-0.2, 0) is 4.79 Å². The number of halogens is 1. The van der Waals surface area contributed by atoms with Crippen molar-refractivity contribution in [1.82, 2.24) is 4.90 Å². The van der Waals surface area contributed by atoms with Crippen LogP contribution in [0.1, 0.15) is 22.3 Å². The lowest BCUT2D eigenvalue weighted by Crippen LogP contribution is -2.26. The molecule has 1 aromatic carbocycles. The van der Waals surface area contributed by atoms with E-state index in [1.54, 1.807) is 6.07 Å². The van der Waals surface area contributed by atoms with Crippen molar-refractivity contribution in [3.05, 3.63) is 46.6 Å². The maximum atomic E-state index is 12.4. The van der Waals surface area contributed by atoms with Gasteiger partial charge in [0.05, 0.1) is 0 Å². The van der Waals surface area contributed by atoms with Crippen LogP contribution in [-0.4, -0.2) is 23.1 Å². The van der Waals surface area contributed by atoms with Crippen LogP contribution < -0.4 is 0 Å². The molecule has 0 saturated carbocycles. The topological polar surface area (TPSA) is 37.4 Å². The predicted octanol–water partition coefficient (Wildman–Crippen LogP) is 2.93. The molecule has 1 unspecified atom stereocenters. The number of ketones is 1. The fourth-order valence-corrected chi connectivity index (χ4v) is 2.69. The fourth-order valence-electron chi connectivity index (χ4n) is 2.22. The molecule has 1 aliphatic rings. The molecule has 0 radical (unpaired) electrons. The number of rotatable bonds is 3. The fraction of sp³-hybridized carbons (Fsp3) is 0.286.